The summed E-state index contributed by atoms with van der Waals surface area (Å²) in [5.74, 6) is -0.235. The van der Waals surface area contributed by atoms with Crippen LogP contribution in [0.4, 0.5) is 0 Å². The molecule has 2 aromatic rings. The van der Waals surface area contributed by atoms with Crippen LogP contribution in [0.2, 0.25) is 0 Å². The van der Waals surface area contributed by atoms with Gasteiger partial charge in [-0.05, 0) is 23.1 Å². The van der Waals surface area contributed by atoms with E-state index in [0.717, 1.165) is 23.1 Å². The van der Waals surface area contributed by atoms with Crippen molar-refractivity contribution in [2.45, 2.75) is 12.8 Å². The summed E-state index contributed by atoms with van der Waals surface area (Å²) in [7, 11) is 3.27. The van der Waals surface area contributed by atoms with Gasteiger partial charge in [-0.15, -0.1) is 0 Å². The number of hydrogen-bond acceptors (Lipinski definition) is 3. The van der Waals surface area contributed by atoms with E-state index < -0.39 is 0 Å². The van der Waals surface area contributed by atoms with Crippen molar-refractivity contribution in [3.63, 3.8) is 0 Å². The van der Waals surface area contributed by atoms with Crippen LogP contribution in [0.3, 0.4) is 0 Å². The minimum Gasteiger partial charge on any atom is -0.385 e. The SMILES string of the molecule is COCCCNC(=O)CN(C)C(=O)Cc1ccc(-c2ccccc2)cc1. The molecule has 26 heavy (non-hydrogen) atoms. The fourth-order valence-electron chi connectivity index (χ4n) is 2.56. The van der Waals surface area contributed by atoms with Gasteiger partial charge < -0.3 is 15.0 Å². The Balaban J connectivity index is 1.82. The molecule has 0 fully saturated rings. The topological polar surface area (TPSA) is 58.6 Å². The lowest BCUT2D eigenvalue weighted by Crippen LogP contribution is -2.39. The highest BCUT2D eigenvalue weighted by molar-refractivity contribution is 5.85. The molecule has 0 heterocycles. The molecule has 0 aliphatic heterocycles. The maximum Gasteiger partial charge on any atom is 0.239 e. The van der Waals surface area contributed by atoms with Gasteiger partial charge in [0.1, 0.15) is 0 Å². The Hall–Kier alpha value is -2.66. The van der Waals surface area contributed by atoms with Crippen molar-refractivity contribution in [1.29, 1.82) is 0 Å². The molecule has 0 saturated carbocycles. The number of amides is 2. The lowest BCUT2D eigenvalue weighted by atomic mass is 10.0. The number of nitrogens with one attached hydrogen (secondary N) is 1. The van der Waals surface area contributed by atoms with Crippen molar-refractivity contribution in [3.8, 4) is 11.1 Å². The van der Waals surface area contributed by atoms with Gasteiger partial charge >= 0.3 is 0 Å². The molecule has 0 aromatic heterocycles. The molecule has 0 aliphatic rings. The van der Waals surface area contributed by atoms with Crippen LogP contribution in [0.25, 0.3) is 11.1 Å². The first-order valence-electron chi connectivity index (χ1n) is 8.74. The second-order valence-electron chi connectivity index (χ2n) is 6.19. The average Bonchev–Trinajstić information content (AvgIpc) is 2.66. The van der Waals surface area contributed by atoms with Crippen LogP contribution in [0.15, 0.2) is 54.6 Å². The van der Waals surface area contributed by atoms with E-state index in [9.17, 15) is 9.59 Å². The Morgan fingerprint density at radius 3 is 2.31 bits per heavy atom. The van der Waals surface area contributed by atoms with Gasteiger partial charge in [0, 0.05) is 27.3 Å². The predicted octanol–water partition coefficient (Wildman–Crippen LogP) is 2.51. The Morgan fingerprint density at radius 2 is 1.65 bits per heavy atom. The van der Waals surface area contributed by atoms with Gasteiger partial charge in [-0.3, -0.25) is 9.59 Å². The highest BCUT2D eigenvalue weighted by Gasteiger charge is 2.13. The Morgan fingerprint density at radius 1 is 1.00 bits per heavy atom. The van der Waals surface area contributed by atoms with E-state index in [2.05, 4.69) is 17.4 Å². The molecule has 2 amide bonds. The molecule has 1 N–H and O–H groups in total. The molecule has 5 heteroatoms. The summed E-state index contributed by atoms with van der Waals surface area (Å²) >= 11 is 0. The predicted molar refractivity (Wildman–Crippen MR) is 103 cm³/mol. The van der Waals surface area contributed by atoms with Crippen LogP contribution in [0, 0.1) is 0 Å². The van der Waals surface area contributed by atoms with E-state index in [0.29, 0.717) is 13.2 Å². The van der Waals surface area contributed by atoms with Gasteiger partial charge in [-0.1, -0.05) is 54.6 Å². The van der Waals surface area contributed by atoms with E-state index in [1.165, 1.54) is 4.90 Å². The number of hydrogen-bond donors (Lipinski definition) is 1. The van der Waals surface area contributed by atoms with E-state index in [-0.39, 0.29) is 24.8 Å². The molecule has 0 bridgehead atoms. The Labute approximate surface area is 155 Å². The molecular formula is C21H26N2O3. The molecular weight excluding hydrogens is 328 g/mol. The summed E-state index contributed by atoms with van der Waals surface area (Å²) in [4.78, 5) is 25.6. The highest BCUT2D eigenvalue weighted by atomic mass is 16.5. The van der Waals surface area contributed by atoms with Crippen LogP contribution in [0.1, 0.15) is 12.0 Å². The molecule has 2 rings (SSSR count). The van der Waals surface area contributed by atoms with Gasteiger partial charge in [0.2, 0.25) is 11.8 Å². The highest BCUT2D eigenvalue weighted by Crippen LogP contribution is 2.19. The monoisotopic (exact) mass is 354 g/mol. The third-order valence-corrected chi connectivity index (χ3v) is 4.07. The normalized spacial score (nSPS) is 10.4. The van der Waals surface area contributed by atoms with Crippen LogP contribution in [0.5, 0.6) is 0 Å². The van der Waals surface area contributed by atoms with Crippen LogP contribution >= 0.6 is 0 Å². The van der Waals surface area contributed by atoms with Crippen molar-refractivity contribution >= 4 is 11.8 Å². The Kier molecular flexibility index (Phi) is 7.83. The summed E-state index contributed by atoms with van der Waals surface area (Å²) in [6.07, 6.45) is 1.04. The quantitative estimate of drug-likeness (QED) is 0.704. The lowest BCUT2D eigenvalue weighted by molar-refractivity contribution is -0.134. The maximum absolute atomic E-state index is 12.3. The van der Waals surface area contributed by atoms with E-state index >= 15 is 0 Å². The van der Waals surface area contributed by atoms with Gasteiger partial charge in [-0.25, -0.2) is 0 Å². The van der Waals surface area contributed by atoms with Gasteiger partial charge in [-0.2, -0.15) is 0 Å². The number of carbonyl (C=O) groups is 2. The third kappa shape index (κ3) is 6.33. The van der Waals surface area contributed by atoms with E-state index in [4.69, 9.17) is 4.74 Å². The largest absolute Gasteiger partial charge is 0.385 e. The molecule has 138 valence electrons. The summed E-state index contributed by atoms with van der Waals surface area (Å²) in [5, 5.41) is 2.78. The van der Waals surface area contributed by atoms with Crippen molar-refractivity contribution in [2.24, 2.45) is 0 Å². The molecule has 0 saturated heterocycles. The first kappa shape index (κ1) is 19.7. The first-order valence-corrected chi connectivity index (χ1v) is 8.74. The Bertz CT molecular complexity index is 699. The van der Waals surface area contributed by atoms with Crippen LogP contribution in [-0.2, 0) is 20.7 Å². The molecule has 2 aromatic carbocycles. The number of nitrogens with zero attached hydrogens (tertiary/aromatic N) is 1. The molecule has 0 atom stereocenters. The second-order valence-corrected chi connectivity index (χ2v) is 6.19. The minimum absolute atomic E-state index is 0.0634. The van der Waals surface area contributed by atoms with E-state index in [1.807, 2.05) is 42.5 Å². The number of benzene rings is 2. The van der Waals surface area contributed by atoms with E-state index in [1.54, 1.807) is 14.2 Å². The van der Waals surface area contributed by atoms with Crippen molar-refractivity contribution < 1.29 is 14.3 Å². The van der Waals surface area contributed by atoms with Crippen LogP contribution < -0.4 is 5.32 Å². The summed E-state index contributed by atoms with van der Waals surface area (Å²) < 4.78 is 4.93. The minimum atomic E-state index is -0.156. The number of methoxy groups -OCH3 is 1. The lowest BCUT2D eigenvalue weighted by Gasteiger charge is -2.17. The maximum atomic E-state index is 12.3. The van der Waals surface area contributed by atoms with Crippen molar-refractivity contribution in [3.05, 3.63) is 60.2 Å². The zero-order valence-corrected chi connectivity index (χ0v) is 15.4. The first-order chi connectivity index (χ1) is 12.6. The van der Waals surface area contributed by atoms with Crippen molar-refractivity contribution in [2.75, 3.05) is 33.9 Å². The molecule has 0 unspecified atom stereocenters. The molecule has 0 radical (unpaired) electrons. The number of rotatable bonds is 9. The molecule has 0 aliphatic carbocycles. The van der Waals surface area contributed by atoms with Gasteiger partial charge in [0.15, 0.2) is 0 Å². The third-order valence-electron chi connectivity index (χ3n) is 4.07. The van der Waals surface area contributed by atoms with Gasteiger partial charge in [0.05, 0.1) is 13.0 Å². The fraction of sp³-hybridized carbons (Fsp3) is 0.333. The van der Waals surface area contributed by atoms with Crippen LogP contribution in [-0.4, -0.2) is 50.6 Å². The fourth-order valence-corrected chi connectivity index (χ4v) is 2.56. The number of likely N-dealkylation sites (N-methyl/N-ethyl adjacent to an activating group) is 1. The van der Waals surface area contributed by atoms with Crippen molar-refractivity contribution in [1.82, 2.24) is 10.2 Å². The number of carbonyl (C=O) groups excluding carboxylic acids is 2. The number of ether oxygens (including phenoxy) is 1. The summed E-state index contributed by atoms with van der Waals surface area (Å²) in [6.45, 7) is 1.22. The zero-order valence-electron chi connectivity index (χ0n) is 15.4. The summed E-state index contributed by atoms with van der Waals surface area (Å²) in [5.41, 5.74) is 3.19. The second kappa shape index (κ2) is 10.4. The zero-order chi connectivity index (χ0) is 18.8. The average molecular weight is 354 g/mol. The standard InChI is InChI=1S/C21H26N2O3/c1-23(16-20(24)22-13-6-14-26-2)21(25)15-17-9-11-19(12-10-17)18-7-4-3-5-8-18/h3-5,7-12H,6,13-16H2,1-2H3,(H,22,24). The molecule has 5 nitrogen and oxygen atoms in total. The summed E-state index contributed by atoms with van der Waals surface area (Å²) in [6, 6.07) is 18.0. The smallest absolute Gasteiger partial charge is 0.239 e. The molecule has 0 spiro atoms. The van der Waals surface area contributed by atoms with Gasteiger partial charge in [0.25, 0.3) is 0 Å².